The van der Waals surface area contributed by atoms with Crippen molar-refractivity contribution in [2.45, 2.75) is 38.9 Å². The Hall–Kier alpha value is -0.543. The van der Waals surface area contributed by atoms with Crippen LogP contribution >= 0.6 is 15.9 Å². The van der Waals surface area contributed by atoms with Crippen molar-refractivity contribution in [3.63, 3.8) is 0 Å². The van der Waals surface area contributed by atoms with Gasteiger partial charge in [-0.15, -0.1) is 0 Å². The van der Waals surface area contributed by atoms with Gasteiger partial charge in [-0.05, 0) is 46.9 Å². The second kappa shape index (κ2) is 5.40. The van der Waals surface area contributed by atoms with Crippen LogP contribution < -0.4 is 4.43 Å². The molecular weight excluding hydrogens is 292 g/mol. The number of hydrogen-bond donors (Lipinski definition) is 0. The second-order valence-corrected chi connectivity index (χ2v) is 11.0. The van der Waals surface area contributed by atoms with Crippen LogP contribution in [0.5, 0.6) is 5.75 Å². The highest BCUT2D eigenvalue weighted by Gasteiger charge is 2.38. The molecule has 0 saturated heterocycles. The zero-order chi connectivity index (χ0) is 13.1. The third-order valence-electron chi connectivity index (χ3n) is 3.31. The van der Waals surface area contributed by atoms with Crippen molar-refractivity contribution in [1.29, 1.82) is 0 Å². The van der Waals surface area contributed by atoms with Gasteiger partial charge in [0.05, 0.1) is 0 Å². The van der Waals surface area contributed by atoms with Crippen molar-refractivity contribution in [3.05, 3.63) is 34.8 Å². The maximum atomic E-state index is 6.20. The molecule has 0 spiro atoms. The molecule has 0 unspecified atom stereocenters. The van der Waals surface area contributed by atoms with E-state index in [1.165, 1.54) is 5.56 Å². The summed E-state index contributed by atoms with van der Waals surface area (Å²) in [6.07, 6.45) is 2.01. The van der Waals surface area contributed by atoms with E-state index in [2.05, 4.69) is 61.9 Å². The van der Waals surface area contributed by atoms with E-state index in [1.54, 1.807) is 0 Å². The summed E-state index contributed by atoms with van der Waals surface area (Å²) >= 11 is 3.27. The normalized spacial score (nSPS) is 13.1. The maximum absolute atomic E-state index is 6.20. The van der Waals surface area contributed by atoms with Crippen LogP contribution in [0.4, 0.5) is 0 Å². The number of rotatable bonds is 3. The van der Waals surface area contributed by atoms with Gasteiger partial charge in [-0.1, -0.05) is 48.8 Å². The Kier molecular flexibility index (Phi) is 4.61. The minimum absolute atomic E-state index is 0.238. The molecule has 0 aromatic heterocycles. The summed E-state index contributed by atoms with van der Waals surface area (Å²) in [5, 5.41) is 0.238. The van der Waals surface area contributed by atoms with Gasteiger partial charge in [0.25, 0.3) is 0 Å². The Bertz CT molecular complexity index is 388. The van der Waals surface area contributed by atoms with E-state index in [1.807, 2.05) is 23.2 Å². The molecule has 0 radical (unpaired) electrons. The molecular formula is C14H21BrOSi. The first kappa shape index (κ1) is 14.5. The zero-order valence-electron chi connectivity index (χ0n) is 11.3. The monoisotopic (exact) mass is 312 g/mol. The van der Waals surface area contributed by atoms with E-state index < -0.39 is 8.32 Å². The van der Waals surface area contributed by atoms with Crippen molar-refractivity contribution < 1.29 is 4.43 Å². The summed E-state index contributed by atoms with van der Waals surface area (Å²) < 4.78 is 6.20. The van der Waals surface area contributed by atoms with Crippen LogP contribution in [0, 0.1) is 0 Å². The number of benzene rings is 1. The van der Waals surface area contributed by atoms with Gasteiger partial charge in [-0.25, -0.2) is 0 Å². The number of hydrogen-bond acceptors (Lipinski definition) is 1. The van der Waals surface area contributed by atoms with Crippen LogP contribution in [-0.4, -0.2) is 8.32 Å². The summed E-state index contributed by atoms with van der Waals surface area (Å²) in [4.78, 5) is 1.86. The second-order valence-electron chi connectivity index (χ2n) is 5.72. The van der Waals surface area contributed by atoms with E-state index in [0.717, 1.165) is 5.75 Å². The van der Waals surface area contributed by atoms with Gasteiger partial charge in [0, 0.05) is 0 Å². The SMILES string of the molecule is CC(C)(C)[Si](C)(C)Oc1ccc(/C=C/Br)cc1. The van der Waals surface area contributed by atoms with Crippen molar-refractivity contribution in [2.75, 3.05) is 0 Å². The summed E-state index contributed by atoms with van der Waals surface area (Å²) in [5.41, 5.74) is 1.17. The van der Waals surface area contributed by atoms with Gasteiger partial charge in [0.15, 0.2) is 0 Å². The largest absolute Gasteiger partial charge is 0.544 e. The summed E-state index contributed by atoms with van der Waals surface area (Å²) in [6.45, 7) is 11.3. The summed E-state index contributed by atoms with van der Waals surface area (Å²) in [5.74, 6) is 0.975. The minimum atomic E-state index is -1.71. The van der Waals surface area contributed by atoms with Crippen LogP contribution in [0.1, 0.15) is 26.3 Å². The van der Waals surface area contributed by atoms with E-state index in [0.29, 0.717) is 0 Å². The Morgan fingerprint density at radius 1 is 1.12 bits per heavy atom. The molecule has 1 rings (SSSR count). The van der Waals surface area contributed by atoms with Crippen molar-refractivity contribution in [2.24, 2.45) is 0 Å². The van der Waals surface area contributed by atoms with Gasteiger partial charge in [-0.3, -0.25) is 0 Å². The molecule has 94 valence electrons. The van der Waals surface area contributed by atoms with Gasteiger partial charge in [0.1, 0.15) is 5.75 Å². The third kappa shape index (κ3) is 4.00. The highest BCUT2D eigenvalue weighted by atomic mass is 79.9. The topological polar surface area (TPSA) is 9.23 Å². The molecule has 1 aromatic carbocycles. The predicted octanol–water partition coefficient (Wildman–Crippen LogP) is 5.44. The minimum Gasteiger partial charge on any atom is -0.544 e. The Labute approximate surface area is 114 Å². The first-order chi connectivity index (χ1) is 7.76. The van der Waals surface area contributed by atoms with Gasteiger partial charge in [0.2, 0.25) is 8.32 Å². The molecule has 0 aliphatic heterocycles. The van der Waals surface area contributed by atoms with Crippen LogP contribution in [0.3, 0.4) is 0 Å². The average Bonchev–Trinajstić information content (AvgIpc) is 2.19. The highest BCUT2D eigenvalue weighted by Crippen LogP contribution is 2.37. The van der Waals surface area contributed by atoms with Gasteiger partial charge in [-0.2, -0.15) is 0 Å². The lowest BCUT2D eigenvalue weighted by atomic mass is 10.2. The summed E-state index contributed by atoms with van der Waals surface area (Å²) in [6, 6.07) is 8.23. The molecule has 0 bridgehead atoms. The molecule has 3 heteroatoms. The first-order valence-corrected chi connectivity index (χ1v) is 9.64. The lowest BCUT2D eigenvalue weighted by molar-refractivity contribution is 0.492. The lowest BCUT2D eigenvalue weighted by Gasteiger charge is -2.36. The molecule has 0 fully saturated rings. The van der Waals surface area contributed by atoms with Crippen LogP contribution in [-0.2, 0) is 0 Å². The Morgan fingerprint density at radius 3 is 2.06 bits per heavy atom. The predicted molar refractivity (Wildman–Crippen MR) is 82.2 cm³/mol. The molecule has 17 heavy (non-hydrogen) atoms. The third-order valence-corrected chi connectivity index (χ3v) is 7.94. The van der Waals surface area contributed by atoms with Crippen LogP contribution in [0.15, 0.2) is 29.3 Å². The van der Waals surface area contributed by atoms with Crippen LogP contribution in [0.2, 0.25) is 18.1 Å². The highest BCUT2D eigenvalue weighted by molar-refractivity contribution is 9.11. The lowest BCUT2D eigenvalue weighted by Crippen LogP contribution is -2.43. The maximum Gasteiger partial charge on any atom is 0.250 e. The van der Waals surface area contributed by atoms with Crippen molar-refractivity contribution in [3.8, 4) is 5.75 Å². The quantitative estimate of drug-likeness (QED) is 0.676. The Morgan fingerprint density at radius 2 is 1.65 bits per heavy atom. The Balaban J connectivity index is 2.83. The van der Waals surface area contributed by atoms with Gasteiger partial charge >= 0.3 is 0 Å². The molecule has 0 amide bonds. The molecule has 1 nitrogen and oxygen atoms in total. The van der Waals surface area contributed by atoms with E-state index in [9.17, 15) is 0 Å². The molecule has 0 N–H and O–H groups in total. The molecule has 0 aliphatic rings. The van der Waals surface area contributed by atoms with Gasteiger partial charge < -0.3 is 4.43 Å². The smallest absolute Gasteiger partial charge is 0.250 e. The van der Waals surface area contributed by atoms with Crippen molar-refractivity contribution in [1.82, 2.24) is 0 Å². The van der Waals surface area contributed by atoms with Crippen LogP contribution in [0.25, 0.3) is 6.08 Å². The fourth-order valence-electron chi connectivity index (χ4n) is 1.17. The molecule has 0 atom stereocenters. The van der Waals surface area contributed by atoms with E-state index in [-0.39, 0.29) is 5.04 Å². The summed E-state index contributed by atoms with van der Waals surface area (Å²) in [7, 11) is -1.71. The van der Waals surface area contributed by atoms with E-state index in [4.69, 9.17) is 4.43 Å². The first-order valence-electron chi connectivity index (χ1n) is 5.82. The standard InChI is InChI=1S/C14H21BrOSi/c1-14(2,3)17(4,5)16-13-8-6-12(7-9-13)10-11-15/h6-11H,1-5H3/b11-10+. The fraction of sp³-hybridized carbons (Fsp3) is 0.429. The zero-order valence-corrected chi connectivity index (χ0v) is 13.8. The molecule has 0 aliphatic carbocycles. The van der Waals surface area contributed by atoms with Crippen molar-refractivity contribution >= 4 is 30.3 Å². The average molecular weight is 313 g/mol. The number of halogens is 1. The van der Waals surface area contributed by atoms with E-state index >= 15 is 0 Å². The molecule has 0 saturated carbocycles. The molecule has 0 heterocycles. The fourth-order valence-corrected chi connectivity index (χ4v) is 2.50. The molecule has 1 aromatic rings.